The summed E-state index contributed by atoms with van der Waals surface area (Å²) in [6.07, 6.45) is 13.4. The minimum atomic E-state index is 0.851. The van der Waals surface area contributed by atoms with Crippen LogP contribution in [-0.2, 0) is 0 Å². The molecule has 0 saturated heterocycles. The van der Waals surface area contributed by atoms with E-state index in [0.29, 0.717) is 0 Å². The van der Waals surface area contributed by atoms with Crippen molar-refractivity contribution < 1.29 is 0 Å². The Bertz CT molecular complexity index is 199. The Hall–Kier alpha value is -0.850. The first kappa shape index (κ1) is 9.24. The summed E-state index contributed by atoms with van der Waals surface area (Å²) in [7, 11) is 0. The van der Waals surface area contributed by atoms with Crippen LogP contribution in [0.4, 0.5) is 0 Å². The molecule has 1 rings (SSSR count). The molecule has 0 fully saturated rings. The molecule has 0 N–H and O–H groups in total. The highest BCUT2D eigenvalue weighted by Crippen LogP contribution is 2.07. The van der Waals surface area contributed by atoms with Gasteiger partial charge in [-0.05, 0) is 24.8 Å². The topological polar surface area (TPSA) is 12.4 Å². The van der Waals surface area contributed by atoms with Gasteiger partial charge in [0.15, 0.2) is 0 Å². The largest absolute Gasteiger partial charge is 0.289 e. The zero-order valence-corrected chi connectivity index (χ0v) is 7.79. The summed E-state index contributed by atoms with van der Waals surface area (Å²) in [5, 5.41) is 0. The standard InChI is InChI=1S/C11H17N/c1-2-3-7-11-8-5-4-6-9-12-10-11/h4,6,8,10H,2-3,5,7,9H2,1H3/b6-4?,11-8-,12-10-. The van der Waals surface area contributed by atoms with E-state index in [1.807, 2.05) is 6.21 Å². The summed E-state index contributed by atoms with van der Waals surface area (Å²) in [5.41, 5.74) is 1.40. The molecule has 0 aromatic rings. The van der Waals surface area contributed by atoms with Crippen LogP contribution in [-0.4, -0.2) is 12.8 Å². The average Bonchev–Trinajstić information content (AvgIpc) is 2.02. The van der Waals surface area contributed by atoms with Crippen molar-refractivity contribution in [2.45, 2.75) is 32.6 Å². The van der Waals surface area contributed by atoms with Crippen LogP contribution in [0.2, 0.25) is 0 Å². The predicted molar refractivity (Wildman–Crippen MR) is 54.7 cm³/mol. The minimum Gasteiger partial charge on any atom is -0.289 e. The SMILES string of the molecule is CCCCC1=C/CC=CC/N=C\1. The molecule has 0 amide bonds. The highest BCUT2D eigenvalue weighted by atomic mass is 14.7. The predicted octanol–water partition coefficient (Wildman–Crippen LogP) is 3.13. The molecule has 0 bridgehead atoms. The highest BCUT2D eigenvalue weighted by molar-refractivity contribution is 5.78. The van der Waals surface area contributed by atoms with Gasteiger partial charge in [-0.25, -0.2) is 0 Å². The van der Waals surface area contributed by atoms with Gasteiger partial charge in [0.25, 0.3) is 0 Å². The lowest BCUT2D eigenvalue weighted by Gasteiger charge is -2.01. The van der Waals surface area contributed by atoms with Gasteiger partial charge in [0, 0.05) is 6.21 Å². The van der Waals surface area contributed by atoms with Crippen molar-refractivity contribution >= 4 is 6.21 Å². The van der Waals surface area contributed by atoms with E-state index < -0.39 is 0 Å². The van der Waals surface area contributed by atoms with Crippen LogP contribution in [0.25, 0.3) is 0 Å². The first-order valence-corrected chi connectivity index (χ1v) is 4.77. The lowest BCUT2D eigenvalue weighted by atomic mass is 10.1. The smallest absolute Gasteiger partial charge is 0.0570 e. The van der Waals surface area contributed by atoms with Gasteiger partial charge in [-0.15, -0.1) is 0 Å². The zero-order valence-electron chi connectivity index (χ0n) is 7.79. The number of hydrogen-bond acceptors (Lipinski definition) is 1. The van der Waals surface area contributed by atoms with Crippen molar-refractivity contribution in [3.05, 3.63) is 23.8 Å². The van der Waals surface area contributed by atoms with Gasteiger partial charge in [-0.2, -0.15) is 0 Å². The molecule has 0 atom stereocenters. The van der Waals surface area contributed by atoms with Gasteiger partial charge in [0.1, 0.15) is 0 Å². The third-order valence-electron chi connectivity index (χ3n) is 1.97. The lowest BCUT2D eigenvalue weighted by Crippen LogP contribution is -1.89. The molecule has 0 aromatic heterocycles. The number of allylic oxidation sites excluding steroid dienone is 3. The van der Waals surface area contributed by atoms with Crippen LogP contribution in [0.1, 0.15) is 32.6 Å². The maximum Gasteiger partial charge on any atom is 0.0570 e. The van der Waals surface area contributed by atoms with Crippen molar-refractivity contribution in [1.29, 1.82) is 0 Å². The van der Waals surface area contributed by atoms with Crippen molar-refractivity contribution in [2.24, 2.45) is 4.99 Å². The first-order chi connectivity index (χ1) is 5.93. The van der Waals surface area contributed by atoms with Gasteiger partial charge in [0.05, 0.1) is 6.54 Å². The molecule has 0 aliphatic carbocycles. The molecule has 12 heavy (non-hydrogen) atoms. The third kappa shape index (κ3) is 3.51. The molecule has 1 aliphatic heterocycles. The Balaban J connectivity index is 2.44. The normalized spacial score (nSPS) is 23.9. The molecule has 1 heterocycles. The molecule has 0 saturated carbocycles. The summed E-state index contributed by atoms with van der Waals surface area (Å²) in [6, 6.07) is 0. The number of hydrogen-bond donors (Lipinski definition) is 0. The summed E-state index contributed by atoms with van der Waals surface area (Å²) in [5.74, 6) is 0. The van der Waals surface area contributed by atoms with Gasteiger partial charge >= 0.3 is 0 Å². The van der Waals surface area contributed by atoms with Gasteiger partial charge in [-0.3, -0.25) is 4.99 Å². The van der Waals surface area contributed by atoms with E-state index in [2.05, 4.69) is 30.1 Å². The van der Waals surface area contributed by atoms with Crippen LogP contribution >= 0.6 is 0 Å². The molecule has 0 spiro atoms. The molecular weight excluding hydrogens is 146 g/mol. The van der Waals surface area contributed by atoms with E-state index in [-0.39, 0.29) is 0 Å². The monoisotopic (exact) mass is 163 g/mol. The van der Waals surface area contributed by atoms with E-state index in [4.69, 9.17) is 0 Å². The molecule has 0 radical (unpaired) electrons. The summed E-state index contributed by atoms with van der Waals surface area (Å²) in [4.78, 5) is 4.29. The van der Waals surface area contributed by atoms with Crippen LogP contribution in [0.3, 0.4) is 0 Å². The maximum absolute atomic E-state index is 4.29. The van der Waals surface area contributed by atoms with Gasteiger partial charge < -0.3 is 0 Å². The van der Waals surface area contributed by atoms with Crippen LogP contribution in [0, 0.1) is 0 Å². The second-order valence-electron chi connectivity index (χ2n) is 3.08. The van der Waals surface area contributed by atoms with Crippen molar-refractivity contribution in [3.8, 4) is 0 Å². The van der Waals surface area contributed by atoms with E-state index in [0.717, 1.165) is 13.0 Å². The molecule has 1 nitrogen and oxygen atoms in total. The Labute approximate surface area is 74.9 Å². The van der Waals surface area contributed by atoms with Crippen LogP contribution in [0.15, 0.2) is 28.8 Å². The number of nitrogens with zero attached hydrogens (tertiary/aromatic N) is 1. The molecular formula is C11H17N. The minimum absolute atomic E-state index is 0.851. The van der Waals surface area contributed by atoms with E-state index in [9.17, 15) is 0 Å². The van der Waals surface area contributed by atoms with E-state index >= 15 is 0 Å². The Morgan fingerprint density at radius 3 is 3.17 bits per heavy atom. The molecule has 1 heteroatoms. The second kappa shape index (κ2) is 5.76. The first-order valence-electron chi connectivity index (χ1n) is 4.77. The van der Waals surface area contributed by atoms with E-state index in [1.54, 1.807) is 0 Å². The fourth-order valence-corrected chi connectivity index (χ4v) is 1.22. The van der Waals surface area contributed by atoms with Crippen molar-refractivity contribution in [1.82, 2.24) is 0 Å². The Morgan fingerprint density at radius 2 is 2.33 bits per heavy atom. The van der Waals surface area contributed by atoms with Crippen LogP contribution < -0.4 is 0 Å². The van der Waals surface area contributed by atoms with Gasteiger partial charge in [-0.1, -0.05) is 31.6 Å². The third-order valence-corrected chi connectivity index (χ3v) is 1.97. The van der Waals surface area contributed by atoms with Crippen molar-refractivity contribution in [2.75, 3.05) is 6.54 Å². The Morgan fingerprint density at radius 1 is 1.42 bits per heavy atom. The Kier molecular flexibility index (Phi) is 4.43. The van der Waals surface area contributed by atoms with Crippen LogP contribution in [0.5, 0.6) is 0 Å². The summed E-state index contributed by atoms with van der Waals surface area (Å²) >= 11 is 0. The molecule has 1 aliphatic rings. The molecule has 0 aromatic carbocycles. The zero-order chi connectivity index (χ0) is 8.65. The second-order valence-corrected chi connectivity index (χ2v) is 3.08. The number of rotatable bonds is 3. The average molecular weight is 163 g/mol. The van der Waals surface area contributed by atoms with Crippen molar-refractivity contribution in [3.63, 3.8) is 0 Å². The number of aliphatic imine (C=N–C) groups is 1. The van der Waals surface area contributed by atoms with E-state index in [1.165, 1.54) is 24.8 Å². The quantitative estimate of drug-likeness (QED) is 0.567. The summed E-state index contributed by atoms with van der Waals surface area (Å²) in [6.45, 7) is 3.07. The fraction of sp³-hybridized carbons (Fsp3) is 0.545. The molecule has 66 valence electrons. The maximum atomic E-state index is 4.29. The summed E-state index contributed by atoms with van der Waals surface area (Å²) < 4.78 is 0. The highest BCUT2D eigenvalue weighted by Gasteiger charge is 1.93. The lowest BCUT2D eigenvalue weighted by molar-refractivity contribution is 0.802. The molecule has 0 unspecified atom stereocenters. The van der Waals surface area contributed by atoms with Gasteiger partial charge in [0.2, 0.25) is 0 Å². The number of unbranched alkanes of at least 4 members (excludes halogenated alkanes) is 1. The fourth-order valence-electron chi connectivity index (χ4n) is 1.22.